The molecule has 0 saturated heterocycles. The maximum atomic E-state index is 11.2. The molecule has 0 aromatic rings. The van der Waals surface area contributed by atoms with Crippen molar-refractivity contribution in [2.24, 2.45) is 0 Å². The molecular weight excluding hydrogens is 172 g/mol. The number of thioether (sulfide) groups is 1. The smallest absolute Gasteiger partial charge is 0.323 e. The zero-order chi connectivity index (χ0) is 8.97. The number of hydrogen-bond donors (Lipinski definition) is 0. The van der Waals surface area contributed by atoms with Crippen LogP contribution < -0.4 is 0 Å². The summed E-state index contributed by atoms with van der Waals surface area (Å²) in [6, 6.07) is 0. The van der Waals surface area contributed by atoms with E-state index < -0.39 is 0 Å². The average Bonchev–Trinajstić information content (AvgIpc) is 2.05. The molecule has 0 N–H and O–H groups in total. The fourth-order valence-corrected chi connectivity index (χ4v) is 1.81. The minimum Gasteiger partial charge on any atom is -0.465 e. The maximum absolute atomic E-state index is 11.2. The molecule has 1 heterocycles. The molecule has 12 heavy (non-hydrogen) atoms. The van der Waals surface area contributed by atoms with Crippen molar-refractivity contribution < 1.29 is 9.53 Å². The summed E-state index contributed by atoms with van der Waals surface area (Å²) in [5, 5.41) is -0.144. The van der Waals surface area contributed by atoms with Gasteiger partial charge in [-0.25, -0.2) is 0 Å². The van der Waals surface area contributed by atoms with E-state index in [2.05, 4.69) is 0 Å². The van der Waals surface area contributed by atoms with Gasteiger partial charge in [0, 0.05) is 0 Å². The molecule has 66 valence electrons. The van der Waals surface area contributed by atoms with Crippen molar-refractivity contribution in [3.8, 4) is 0 Å². The van der Waals surface area contributed by atoms with Gasteiger partial charge in [0.25, 0.3) is 0 Å². The minimum absolute atomic E-state index is 0.144. The van der Waals surface area contributed by atoms with E-state index >= 15 is 0 Å². The number of carbonyl (C=O) groups excluding carboxylic acids is 1. The molecule has 0 radical (unpaired) electrons. The standard InChI is InChI=1S/C9H12O2S/c1-3-11-9(10)8-6-4-5-7(2)12-8/h4-6,8H,3H2,1-2H3. The Morgan fingerprint density at radius 3 is 3.08 bits per heavy atom. The van der Waals surface area contributed by atoms with Gasteiger partial charge in [-0.1, -0.05) is 18.2 Å². The van der Waals surface area contributed by atoms with Gasteiger partial charge in [0.05, 0.1) is 6.61 Å². The average molecular weight is 184 g/mol. The summed E-state index contributed by atoms with van der Waals surface area (Å²) in [6.45, 7) is 4.25. The number of esters is 1. The lowest BCUT2D eigenvalue weighted by molar-refractivity contribution is -0.141. The van der Waals surface area contributed by atoms with Crippen LogP contribution in [0.5, 0.6) is 0 Å². The quantitative estimate of drug-likeness (QED) is 0.615. The number of rotatable bonds is 2. The van der Waals surface area contributed by atoms with Crippen LogP contribution in [0.1, 0.15) is 13.8 Å². The fourth-order valence-electron chi connectivity index (χ4n) is 0.922. The van der Waals surface area contributed by atoms with Crippen LogP contribution in [0.3, 0.4) is 0 Å². The minimum atomic E-state index is -0.147. The van der Waals surface area contributed by atoms with Gasteiger partial charge in [-0.3, -0.25) is 4.79 Å². The summed E-state index contributed by atoms with van der Waals surface area (Å²) < 4.78 is 4.89. The molecule has 0 saturated carbocycles. The summed E-state index contributed by atoms with van der Waals surface area (Å²) in [5.74, 6) is -0.147. The SMILES string of the molecule is CCOC(=O)C1C=CC=C(C)S1. The molecule has 1 unspecified atom stereocenters. The van der Waals surface area contributed by atoms with Crippen molar-refractivity contribution in [1.82, 2.24) is 0 Å². The first-order valence-electron chi connectivity index (χ1n) is 3.92. The Hall–Kier alpha value is -0.700. The van der Waals surface area contributed by atoms with E-state index in [1.807, 2.05) is 32.1 Å². The Kier molecular flexibility index (Phi) is 3.41. The topological polar surface area (TPSA) is 26.3 Å². The Bertz CT molecular complexity index is 231. The first kappa shape index (κ1) is 9.39. The van der Waals surface area contributed by atoms with Crippen LogP contribution in [0, 0.1) is 0 Å². The van der Waals surface area contributed by atoms with E-state index in [0.29, 0.717) is 6.61 Å². The molecule has 2 nitrogen and oxygen atoms in total. The highest BCUT2D eigenvalue weighted by Crippen LogP contribution is 2.26. The molecule has 0 bridgehead atoms. The lowest BCUT2D eigenvalue weighted by Crippen LogP contribution is -2.18. The molecule has 0 amide bonds. The van der Waals surface area contributed by atoms with Crippen LogP contribution in [-0.2, 0) is 9.53 Å². The third-order valence-electron chi connectivity index (χ3n) is 1.45. The molecule has 1 aliphatic heterocycles. The van der Waals surface area contributed by atoms with Gasteiger partial charge in [0.1, 0.15) is 5.25 Å². The van der Waals surface area contributed by atoms with Crippen LogP contribution in [0.25, 0.3) is 0 Å². The van der Waals surface area contributed by atoms with Gasteiger partial charge >= 0.3 is 5.97 Å². The second-order valence-electron chi connectivity index (χ2n) is 2.45. The molecular formula is C9H12O2S. The van der Waals surface area contributed by atoms with E-state index in [4.69, 9.17) is 4.74 Å². The number of hydrogen-bond acceptors (Lipinski definition) is 3. The van der Waals surface area contributed by atoms with Gasteiger partial charge in [0.2, 0.25) is 0 Å². The first-order chi connectivity index (χ1) is 5.74. The van der Waals surface area contributed by atoms with E-state index in [0.717, 1.165) is 4.91 Å². The van der Waals surface area contributed by atoms with Gasteiger partial charge in [0.15, 0.2) is 0 Å². The maximum Gasteiger partial charge on any atom is 0.323 e. The van der Waals surface area contributed by atoms with Gasteiger partial charge in [-0.05, 0) is 18.8 Å². The van der Waals surface area contributed by atoms with Gasteiger partial charge in [-0.2, -0.15) is 0 Å². The van der Waals surface area contributed by atoms with Crippen molar-refractivity contribution in [2.45, 2.75) is 19.1 Å². The molecule has 0 spiro atoms. The van der Waals surface area contributed by atoms with E-state index in [9.17, 15) is 4.79 Å². The zero-order valence-electron chi connectivity index (χ0n) is 7.24. The number of carbonyl (C=O) groups is 1. The van der Waals surface area contributed by atoms with E-state index in [1.165, 1.54) is 11.8 Å². The van der Waals surface area contributed by atoms with E-state index in [-0.39, 0.29) is 11.2 Å². The monoisotopic (exact) mass is 184 g/mol. The predicted octanol–water partition coefficient (Wildman–Crippen LogP) is 2.12. The highest BCUT2D eigenvalue weighted by Gasteiger charge is 2.19. The van der Waals surface area contributed by atoms with Crippen LogP contribution in [0.15, 0.2) is 23.1 Å². The van der Waals surface area contributed by atoms with E-state index in [1.54, 1.807) is 0 Å². The molecule has 0 aromatic heterocycles. The summed E-state index contributed by atoms with van der Waals surface area (Å²) in [4.78, 5) is 12.4. The second kappa shape index (κ2) is 4.36. The normalized spacial score (nSPS) is 21.8. The summed E-state index contributed by atoms with van der Waals surface area (Å²) in [6.07, 6.45) is 5.74. The number of allylic oxidation sites excluding steroid dienone is 3. The number of ether oxygens (including phenoxy) is 1. The van der Waals surface area contributed by atoms with Crippen molar-refractivity contribution in [3.05, 3.63) is 23.1 Å². The van der Waals surface area contributed by atoms with Crippen molar-refractivity contribution in [3.63, 3.8) is 0 Å². The molecule has 1 aliphatic rings. The Morgan fingerprint density at radius 2 is 2.50 bits per heavy atom. The molecule has 1 atom stereocenters. The Morgan fingerprint density at radius 1 is 1.75 bits per heavy atom. The predicted molar refractivity (Wildman–Crippen MR) is 50.9 cm³/mol. The van der Waals surface area contributed by atoms with Gasteiger partial charge < -0.3 is 4.74 Å². The fraction of sp³-hybridized carbons (Fsp3) is 0.444. The molecule has 0 aliphatic carbocycles. The van der Waals surface area contributed by atoms with Crippen LogP contribution in [0.2, 0.25) is 0 Å². The molecule has 1 rings (SSSR count). The first-order valence-corrected chi connectivity index (χ1v) is 4.80. The molecule has 0 fully saturated rings. The van der Waals surface area contributed by atoms with Crippen LogP contribution in [-0.4, -0.2) is 17.8 Å². The van der Waals surface area contributed by atoms with Crippen LogP contribution in [0.4, 0.5) is 0 Å². The summed E-state index contributed by atoms with van der Waals surface area (Å²) in [5.41, 5.74) is 0. The largest absolute Gasteiger partial charge is 0.465 e. The van der Waals surface area contributed by atoms with Crippen LogP contribution >= 0.6 is 11.8 Å². The van der Waals surface area contributed by atoms with Crippen molar-refractivity contribution in [2.75, 3.05) is 6.61 Å². The molecule has 3 heteroatoms. The van der Waals surface area contributed by atoms with Gasteiger partial charge in [-0.15, -0.1) is 11.8 Å². The van der Waals surface area contributed by atoms with Crippen molar-refractivity contribution in [1.29, 1.82) is 0 Å². The summed E-state index contributed by atoms with van der Waals surface area (Å²) >= 11 is 1.53. The lowest BCUT2D eigenvalue weighted by atomic mass is 10.3. The zero-order valence-corrected chi connectivity index (χ0v) is 8.06. The molecule has 0 aromatic carbocycles. The third-order valence-corrected chi connectivity index (χ3v) is 2.56. The Labute approximate surface area is 76.7 Å². The van der Waals surface area contributed by atoms with Crippen molar-refractivity contribution >= 4 is 17.7 Å². The summed E-state index contributed by atoms with van der Waals surface area (Å²) in [7, 11) is 0. The highest BCUT2D eigenvalue weighted by molar-refractivity contribution is 8.04. The highest BCUT2D eigenvalue weighted by atomic mass is 32.2. The Balaban J connectivity index is 2.50. The lowest BCUT2D eigenvalue weighted by Gasteiger charge is -2.13. The second-order valence-corrected chi connectivity index (χ2v) is 3.84. The third kappa shape index (κ3) is 2.41.